The zero-order valence-electron chi connectivity index (χ0n) is 30.3. The third kappa shape index (κ3) is 8.42. The smallest absolute Gasteiger partial charge is 0.146 e. The first-order valence-electron chi connectivity index (χ1n) is 19.1. The minimum Gasteiger partial charge on any atom is -0.505 e. The second kappa shape index (κ2) is 16.4. The topological polar surface area (TPSA) is 63.8 Å². The summed E-state index contributed by atoms with van der Waals surface area (Å²) < 4.78 is 20.2. The van der Waals surface area contributed by atoms with Gasteiger partial charge >= 0.3 is 0 Å². The van der Waals surface area contributed by atoms with Crippen molar-refractivity contribution in [3.63, 3.8) is 0 Å². The van der Waals surface area contributed by atoms with E-state index in [9.17, 15) is 9.50 Å². The van der Waals surface area contributed by atoms with E-state index in [0.717, 1.165) is 89.7 Å². The molecule has 1 aromatic heterocycles. The number of phenolic OH excluding ortho intramolecular Hbond substituents is 1. The number of aromatic amines is 1. The van der Waals surface area contributed by atoms with E-state index in [1.54, 1.807) is 0 Å². The molecule has 51 heavy (non-hydrogen) atoms. The number of anilines is 1. The van der Waals surface area contributed by atoms with Crippen molar-refractivity contribution in [2.24, 2.45) is 5.92 Å². The predicted octanol–water partition coefficient (Wildman–Crippen LogP) is 9.43. The Morgan fingerprint density at radius 2 is 1.86 bits per heavy atom. The van der Waals surface area contributed by atoms with Crippen LogP contribution in [0.2, 0.25) is 5.02 Å². The quantitative estimate of drug-likeness (QED) is 0.122. The number of hydrogen-bond acceptors (Lipinski definition) is 5. The molecule has 3 atom stereocenters. The molecule has 2 aliphatic carbocycles. The molecule has 2 fully saturated rings. The molecule has 1 aliphatic heterocycles. The van der Waals surface area contributed by atoms with Crippen LogP contribution in [0.3, 0.4) is 0 Å². The zero-order valence-corrected chi connectivity index (χ0v) is 31.0. The Bertz CT molecular complexity index is 1760. The van der Waals surface area contributed by atoms with Gasteiger partial charge < -0.3 is 25.0 Å². The van der Waals surface area contributed by atoms with Gasteiger partial charge in [0.05, 0.1) is 5.69 Å². The van der Waals surface area contributed by atoms with Crippen LogP contribution in [-0.4, -0.2) is 60.4 Å². The summed E-state index contributed by atoms with van der Waals surface area (Å²) in [6.07, 6.45) is 13.1. The number of hydrogen-bond donors (Lipinski definition) is 3. The number of benzene rings is 3. The van der Waals surface area contributed by atoms with Gasteiger partial charge in [-0.3, -0.25) is 4.90 Å². The maximum Gasteiger partial charge on any atom is 0.146 e. The third-order valence-electron chi connectivity index (χ3n) is 11.7. The van der Waals surface area contributed by atoms with E-state index in [1.165, 1.54) is 43.2 Å². The highest BCUT2D eigenvalue weighted by atomic mass is 35.5. The number of fused-ring (bicyclic) bond motifs is 1. The first-order chi connectivity index (χ1) is 24.8. The Labute approximate surface area is 308 Å². The van der Waals surface area contributed by atoms with Crippen LogP contribution in [0.5, 0.6) is 11.5 Å². The van der Waals surface area contributed by atoms with Gasteiger partial charge in [-0.05, 0) is 96.9 Å². The molecule has 0 spiro atoms. The molecule has 2 unspecified atom stereocenters. The Morgan fingerprint density at radius 3 is 2.65 bits per heavy atom. The molecule has 4 aromatic rings. The largest absolute Gasteiger partial charge is 0.505 e. The number of aromatic nitrogens is 1. The van der Waals surface area contributed by atoms with Crippen molar-refractivity contribution in [2.75, 3.05) is 38.1 Å². The maximum atomic E-state index is 13.7. The monoisotopic (exact) mass is 712 g/mol. The van der Waals surface area contributed by atoms with Crippen molar-refractivity contribution < 1.29 is 14.2 Å². The van der Waals surface area contributed by atoms with Crippen molar-refractivity contribution in [1.82, 2.24) is 15.2 Å². The minimum atomic E-state index is -0.721. The number of aromatic hydroxyl groups is 1. The molecule has 8 heteroatoms. The Hall–Kier alpha value is -3.52. The summed E-state index contributed by atoms with van der Waals surface area (Å²) in [5.41, 5.74) is 8.87. The van der Waals surface area contributed by atoms with Crippen molar-refractivity contribution in [1.29, 1.82) is 0 Å². The van der Waals surface area contributed by atoms with Crippen LogP contribution in [0.1, 0.15) is 85.6 Å². The van der Waals surface area contributed by atoms with E-state index in [1.807, 2.05) is 37.6 Å². The van der Waals surface area contributed by atoms with Gasteiger partial charge in [0.25, 0.3) is 0 Å². The molecule has 3 N–H and O–H groups in total. The van der Waals surface area contributed by atoms with Gasteiger partial charge in [0.2, 0.25) is 0 Å². The Kier molecular flexibility index (Phi) is 11.6. The standard InChI is InChI=1S/C43H54ClFN4O2/c1-29(22-31-24-42(51-28-30-16-18-46-25-30)32(23-40(31)44)26-47-34-8-4-3-5-9-34)35-14-15-38-36(35)10-6-11-37(38)39-12-7-13-41(43(39)50)48(2)20-21-49-19-17-33(45)27-49/h6-7,10-13,16,18,23-25,29,33-35,46-47,50H,3-5,8-9,14-15,17,19-22,26-28H2,1-2H3/t29?,33?,35-/m1/s1. The van der Waals surface area contributed by atoms with Crippen LogP contribution in [0.25, 0.3) is 11.1 Å². The normalized spacial score (nSPS) is 20.1. The number of likely N-dealkylation sites (N-methyl/N-ethyl adjacent to an activating group) is 1. The number of ether oxygens (including phenoxy) is 1. The van der Waals surface area contributed by atoms with Gasteiger partial charge in [-0.15, -0.1) is 0 Å². The summed E-state index contributed by atoms with van der Waals surface area (Å²) in [4.78, 5) is 7.40. The maximum absolute atomic E-state index is 13.7. The SMILES string of the molecule is CC(Cc1cc(OCc2cc[nH]c2)c(CNC2CCCCC2)cc1Cl)[C@H]1CCc2c(-c3cccc(N(C)CCN4CCC(F)C4)c3O)cccc21. The van der Waals surface area contributed by atoms with E-state index in [0.29, 0.717) is 43.2 Å². The predicted molar refractivity (Wildman–Crippen MR) is 207 cm³/mol. The number of para-hydroxylation sites is 1. The molecule has 1 saturated heterocycles. The van der Waals surface area contributed by atoms with Gasteiger partial charge in [0, 0.05) is 79.9 Å². The van der Waals surface area contributed by atoms with E-state index >= 15 is 0 Å². The molecule has 272 valence electrons. The lowest BCUT2D eigenvalue weighted by atomic mass is 9.83. The molecule has 3 aliphatic rings. The van der Waals surface area contributed by atoms with E-state index in [2.05, 4.69) is 63.4 Å². The summed E-state index contributed by atoms with van der Waals surface area (Å²) in [5.74, 6) is 1.98. The second-order valence-corrected chi connectivity index (χ2v) is 15.7. The lowest BCUT2D eigenvalue weighted by Gasteiger charge is -2.25. The lowest BCUT2D eigenvalue weighted by molar-refractivity contribution is 0.292. The fraction of sp³-hybridized carbons (Fsp3) is 0.488. The number of H-pyrrole nitrogens is 1. The first-order valence-corrected chi connectivity index (χ1v) is 19.5. The van der Waals surface area contributed by atoms with Gasteiger partial charge in [0.1, 0.15) is 24.3 Å². The van der Waals surface area contributed by atoms with Crippen LogP contribution in [-0.2, 0) is 26.0 Å². The van der Waals surface area contributed by atoms with Gasteiger partial charge in [-0.25, -0.2) is 4.39 Å². The van der Waals surface area contributed by atoms with Gasteiger partial charge in [0.15, 0.2) is 0 Å². The van der Waals surface area contributed by atoms with E-state index in [-0.39, 0.29) is 0 Å². The van der Waals surface area contributed by atoms with E-state index in [4.69, 9.17) is 16.3 Å². The number of nitrogens with zero attached hydrogens (tertiary/aromatic N) is 2. The number of nitrogens with one attached hydrogen (secondary N) is 2. The summed E-state index contributed by atoms with van der Waals surface area (Å²) >= 11 is 7.06. The summed E-state index contributed by atoms with van der Waals surface area (Å²) in [6, 6.07) is 19.5. The molecule has 0 bridgehead atoms. The number of phenols is 1. The van der Waals surface area contributed by atoms with Crippen LogP contribution in [0, 0.1) is 5.92 Å². The van der Waals surface area contributed by atoms with Crippen molar-refractivity contribution in [3.8, 4) is 22.6 Å². The summed E-state index contributed by atoms with van der Waals surface area (Å²) in [7, 11) is 2.01. The molecule has 0 radical (unpaired) electrons. The molecule has 0 amide bonds. The molecule has 2 heterocycles. The molecule has 6 nitrogen and oxygen atoms in total. The highest BCUT2D eigenvalue weighted by Gasteiger charge is 2.31. The second-order valence-electron chi connectivity index (χ2n) is 15.3. The average Bonchev–Trinajstić information content (AvgIpc) is 3.92. The number of likely N-dealkylation sites (tertiary alicyclic amines) is 1. The van der Waals surface area contributed by atoms with Crippen LogP contribution >= 0.6 is 11.6 Å². The van der Waals surface area contributed by atoms with E-state index < -0.39 is 6.17 Å². The van der Waals surface area contributed by atoms with Crippen LogP contribution in [0.15, 0.2) is 67.0 Å². The van der Waals surface area contributed by atoms with Crippen molar-refractivity contribution in [2.45, 2.75) is 96.0 Å². The third-order valence-corrected chi connectivity index (χ3v) is 12.1. The zero-order chi connectivity index (χ0) is 35.3. The van der Waals surface area contributed by atoms with Crippen LogP contribution in [0.4, 0.5) is 10.1 Å². The van der Waals surface area contributed by atoms with Gasteiger partial charge in [-0.1, -0.05) is 68.1 Å². The molecule has 1 saturated carbocycles. The van der Waals surface area contributed by atoms with Crippen molar-refractivity contribution in [3.05, 3.63) is 99.8 Å². The number of alkyl halides is 1. The fourth-order valence-corrected chi connectivity index (χ4v) is 8.98. The first kappa shape index (κ1) is 35.9. The average molecular weight is 713 g/mol. The Morgan fingerprint density at radius 1 is 1.04 bits per heavy atom. The Balaban J connectivity index is 1.07. The number of rotatable bonds is 14. The summed E-state index contributed by atoms with van der Waals surface area (Å²) in [5, 5.41) is 16.2. The highest BCUT2D eigenvalue weighted by Crippen LogP contribution is 2.47. The lowest BCUT2D eigenvalue weighted by Crippen LogP contribution is -2.32. The van der Waals surface area contributed by atoms with Gasteiger partial charge in [-0.2, -0.15) is 0 Å². The minimum absolute atomic E-state index is 0.312. The number of halogens is 2. The fourth-order valence-electron chi connectivity index (χ4n) is 8.71. The summed E-state index contributed by atoms with van der Waals surface area (Å²) in [6.45, 7) is 6.44. The molecule has 3 aromatic carbocycles. The molecular formula is C43H54ClFN4O2. The van der Waals surface area contributed by atoms with Crippen molar-refractivity contribution >= 4 is 17.3 Å². The highest BCUT2D eigenvalue weighted by molar-refractivity contribution is 6.31. The van der Waals surface area contributed by atoms with Crippen LogP contribution < -0.4 is 15.0 Å². The molecule has 7 rings (SSSR count). The molecular weight excluding hydrogens is 659 g/mol.